The van der Waals surface area contributed by atoms with Crippen LogP contribution in [0, 0.1) is 0 Å². The van der Waals surface area contributed by atoms with E-state index in [9.17, 15) is 0 Å². The Morgan fingerprint density at radius 2 is 0.480 bits per heavy atom. The normalized spacial score (nSPS) is 15.6. The number of anilines is 3. The Balaban J connectivity index is 0.541. The molecule has 7 aliphatic rings. The molecule has 0 spiro atoms. The van der Waals surface area contributed by atoms with E-state index in [0.717, 1.165) is 61.3 Å². The molecule has 19 aromatic rings. The van der Waals surface area contributed by atoms with Gasteiger partial charge in [-0.2, -0.15) is 0 Å². The maximum absolute atomic E-state index is 7.29. The first kappa shape index (κ1) is 95.8. The zero-order valence-electron chi connectivity index (χ0n) is 90.8. The fraction of sp³-hybridized carbons (Fsp3) is 0.306. The molecule has 2 aromatic heterocycles. The van der Waals surface area contributed by atoms with E-state index in [1.807, 2.05) is 0 Å². The molecule has 0 N–H and O–H groups in total. The summed E-state index contributed by atoms with van der Waals surface area (Å²) in [6.07, 6.45) is 30.8. The molecule has 0 aliphatic heterocycles. The molecule has 3 heteroatoms. The van der Waals surface area contributed by atoms with Crippen molar-refractivity contribution < 1.29 is 8.83 Å². The lowest BCUT2D eigenvalue weighted by atomic mass is 9.70. The van der Waals surface area contributed by atoms with Crippen molar-refractivity contribution in [2.24, 2.45) is 0 Å². The first-order chi connectivity index (χ1) is 73.0. The van der Waals surface area contributed by atoms with E-state index >= 15 is 0 Å². The number of rotatable bonds is 32. The smallest absolute Gasteiger partial charge is 0.144 e. The van der Waals surface area contributed by atoms with Crippen molar-refractivity contribution in [1.29, 1.82) is 0 Å². The quantitative estimate of drug-likeness (QED) is 0.0394. The Morgan fingerprint density at radius 1 is 0.193 bits per heavy atom. The van der Waals surface area contributed by atoms with Gasteiger partial charge in [-0.25, -0.2) is 0 Å². The monoisotopic (exact) mass is 1950 g/mol. The van der Waals surface area contributed by atoms with Crippen LogP contribution in [0.4, 0.5) is 17.1 Å². The molecule has 17 aromatic carbocycles. The summed E-state index contributed by atoms with van der Waals surface area (Å²) in [5.41, 5.74) is 56.4. The SMILES string of the molecule is CCCCCCCC1(CCCCCCC)c2ccccc2-c2ccc(-c3ccc4c(c3)C(C)(C)c3cc(-c5ccc(-c6cc7c(c8c6oc6ccccc68)-c6ccc(N(c8ccc(-c9ccc%10c(c9)C(C)(C)c9cc(-c%11ccc%12c(c%11)C(CCCCCCC)(CCCCCCC)c%11ccccc%11-%12)ccc9-%10)cc8)c8ccc9c(c8)C(C)(C)c8c%10c(c%11oc%12ccccc%12c%11c8-9)-c8ccccc8C%10(C)C)cc6C7(C)C)cc5)ccc3-4)cc21. The van der Waals surface area contributed by atoms with Gasteiger partial charge in [0.25, 0.3) is 0 Å². The summed E-state index contributed by atoms with van der Waals surface area (Å²) in [4.78, 5) is 2.57. The van der Waals surface area contributed by atoms with Crippen LogP contribution in [-0.4, -0.2) is 0 Å². The Kier molecular flexibility index (Phi) is 23.5. The minimum absolute atomic E-state index is 0.0203. The lowest BCUT2D eigenvalue weighted by Gasteiger charge is -2.33. The van der Waals surface area contributed by atoms with Gasteiger partial charge in [-0.05, 0) is 317 Å². The molecule has 3 nitrogen and oxygen atoms in total. The van der Waals surface area contributed by atoms with Gasteiger partial charge in [-0.3, -0.25) is 0 Å². The second-order valence-corrected chi connectivity index (χ2v) is 48.5. The number of para-hydroxylation sites is 2. The van der Waals surface area contributed by atoms with Crippen LogP contribution in [0.15, 0.2) is 330 Å². The summed E-state index contributed by atoms with van der Waals surface area (Å²) >= 11 is 0. The van der Waals surface area contributed by atoms with E-state index in [4.69, 9.17) is 8.83 Å². The third kappa shape index (κ3) is 14.8. The molecular formula is C147H143NO2. The van der Waals surface area contributed by atoms with Gasteiger partial charge in [0.1, 0.15) is 22.3 Å². The lowest BCUT2D eigenvalue weighted by molar-refractivity contribution is 0.399. The Bertz CT molecular complexity index is 8620. The number of fused-ring (bicyclic) bond motifs is 31. The van der Waals surface area contributed by atoms with Crippen molar-refractivity contribution in [1.82, 2.24) is 0 Å². The second kappa shape index (κ2) is 36.8. The van der Waals surface area contributed by atoms with Crippen LogP contribution >= 0.6 is 0 Å². The average molecular weight is 1960 g/mol. The van der Waals surface area contributed by atoms with Gasteiger partial charge in [0, 0.05) is 87.6 Å². The number of furan rings is 2. The van der Waals surface area contributed by atoms with E-state index in [2.05, 4.69) is 423 Å². The summed E-state index contributed by atoms with van der Waals surface area (Å²) in [5, 5.41) is 4.68. The van der Waals surface area contributed by atoms with Crippen LogP contribution < -0.4 is 4.90 Å². The highest BCUT2D eigenvalue weighted by molar-refractivity contribution is 6.22. The second-order valence-electron chi connectivity index (χ2n) is 48.5. The highest BCUT2D eigenvalue weighted by atomic mass is 16.3. The largest absolute Gasteiger partial charge is 0.455 e. The van der Waals surface area contributed by atoms with Crippen LogP contribution in [0.2, 0.25) is 0 Å². The Hall–Kier alpha value is -13.9. The molecule has 0 bridgehead atoms. The molecule has 26 rings (SSSR count). The molecule has 0 saturated carbocycles. The Labute approximate surface area is 890 Å². The van der Waals surface area contributed by atoms with Crippen molar-refractivity contribution in [2.45, 2.75) is 289 Å². The van der Waals surface area contributed by atoms with Gasteiger partial charge in [-0.15, -0.1) is 0 Å². The maximum atomic E-state index is 7.29. The van der Waals surface area contributed by atoms with Gasteiger partial charge in [0.2, 0.25) is 0 Å². The van der Waals surface area contributed by atoms with Crippen LogP contribution in [0.25, 0.3) is 177 Å². The van der Waals surface area contributed by atoms with Gasteiger partial charge in [0.05, 0.1) is 0 Å². The van der Waals surface area contributed by atoms with Crippen LogP contribution in [0.5, 0.6) is 0 Å². The van der Waals surface area contributed by atoms with Crippen molar-refractivity contribution in [3.05, 3.63) is 399 Å². The number of hydrogen-bond donors (Lipinski definition) is 0. The third-order valence-electron chi connectivity index (χ3n) is 38.0. The molecule has 0 fully saturated rings. The zero-order valence-corrected chi connectivity index (χ0v) is 90.8. The standard InChI is InChI=1S/C147H143NO2/c1-15-19-23-27-41-79-146(80-42-28-24-20-16-2)119-51-37-31-45-104(119)110-75-65-99(87-127(110)146)97-63-73-108-106-71-61-95(83-121(106)141(5,6)123(108)85-97)92-55-57-94(58-56-92)117-91-129-132(134-115-48-34-39-53-130(115)149-139(117)134)113-77-69-102(89-125(113)143(129,9)10)148(103-70-78-114-126(90-103)145(13,14)137-133(114)135-116-49-35-40-54-131(116)150-140(135)136-112-47-33-36-50-118(112)144(11,12)138(136)137)101-67-59-93(60-68-101)96-62-72-107-109-74-64-98(86-124(109)142(7,8)122(107)84-96)100-66-76-111-105-46-32-38-52-120(105)147(128(111)88-100,81-43-29-25-21-17-3)82-44-30-26-22-18-4/h31-40,45-78,83-91H,15-30,41-44,79-82H2,1-14H3. The molecule has 0 unspecified atom stereocenters. The predicted octanol–water partition coefficient (Wildman–Crippen LogP) is 42.8. The van der Waals surface area contributed by atoms with Gasteiger partial charge < -0.3 is 13.7 Å². The summed E-state index contributed by atoms with van der Waals surface area (Å²) in [6, 6.07) is 126. The first-order valence-electron chi connectivity index (χ1n) is 57.5. The molecule has 7 aliphatic carbocycles. The van der Waals surface area contributed by atoms with E-state index in [-0.39, 0.29) is 27.1 Å². The minimum Gasteiger partial charge on any atom is -0.455 e. The average Bonchev–Trinajstić information content (AvgIpc) is 1.50. The molecule has 0 saturated heterocycles. The van der Waals surface area contributed by atoms with Gasteiger partial charge in [-0.1, -0.05) is 456 Å². The number of hydrogen-bond acceptors (Lipinski definition) is 3. The van der Waals surface area contributed by atoms with E-state index in [1.165, 1.54) is 343 Å². The number of benzene rings is 17. The van der Waals surface area contributed by atoms with Crippen LogP contribution in [0.1, 0.15) is 329 Å². The topological polar surface area (TPSA) is 29.5 Å². The molecule has 2 heterocycles. The van der Waals surface area contributed by atoms with E-state index in [0.29, 0.717) is 0 Å². The fourth-order valence-corrected chi connectivity index (χ4v) is 30.1. The molecule has 0 amide bonds. The maximum Gasteiger partial charge on any atom is 0.144 e. The van der Waals surface area contributed by atoms with Crippen molar-refractivity contribution in [3.8, 4) is 134 Å². The molecule has 0 radical (unpaired) electrons. The summed E-state index contributed by atoms with van der Waals surface area (Å²) in [7, 11) is 0. The van der Waals surface area contributed by atoms with E-state index in [1.54, 1.807) is 22.3 Å². The highest BCUT2D eigenvalue weighted by Crippen LogP contribution is 2.67. The fourth-order valence-electron chi connectivity index (χ4n) is 30.1. The summed E-state index contributed by atoms with van der Waals surface area (Å²) in [5.74, 6) is 0. The Morgan fingerprint density at radius 3 is 0.920 bits per heavy atom. The minimum atomic E-state index is -0.442. The molecule has 748 valence electrons. The van der Waals surface area contributed by atoms with Crippen molar-refractivity contribution in [3.63, 3.8) is 0 Å². The molecule has 150 heavy (non-hydrogen) atoms. The number of nitrogens with zero attached hydrogens (tertiary/aromatic N) is 1. The van der Waals surface area contributed by atoms with Crippen molar-refractivity contribution in [2.75, 3.05) is 4.90 Å². The van der Waals surface area contributed by atoms with Gasteiger partial charge >= 0.3 is 0 Å². The number of unbranched alkanes of at least 4 members (excludes halogenated alkanes) is 16. The molecular weight excluding hydrogens is 1810 g/mol. The predicted molar refractivity (Wildman–Crippen MR) is 637 cm³/mol. The third-order valence-corrected chi connectivity index (χ3v) is 38.0. The van der Waals surface area contributed by atoms with Crippen molar-refractivity contribution >= 4 is 60.9 Å². The summed E-state index contributed by atoms with van der Waals surface area (Å²) < 4.78 is 14.5. The zero-order chi connectivity index (χ0) is 102. The van der Waals surface area contributed by atoms with Gasteiger partial charge in [0.15, 0.2) is 0 Å². The molecule has 0 atom stereocenters. The lowest BCUT2D eigenvalue weighted by Crippen LogP contribution is -2.25. The van der Waals surface area contributed by atoms with Crippen LogP contribution in [0.3, 0.4) is 0 Å². The summed E-state index contributed by atoms with van der Waals surface area (Å²) in [6.45, 7) is 34.0. The van der Waals surface area contributed by atoms with Crippen LogP contribution in [-0.2, 0) is 37.9 Å². The first-order valence-corrected chi connectivity index (χ1v) is 57.5. The highest BCUT2D eigenvalue weighted by Gasteiger charge is 2.52. The van der Waals surface area contributed by atoms with E-state index < -0.39 is 10.8 Å².